The predicted octanol–water partition coefficient (Wildman–Crippen LogP) is 1.90. The Morgan fingerprint density at radius 2 is 1.69 bits per heavy atom. The van der Waals surface area contributed by atoms with Gasteiger partial charge in [0.25, 0.3) is 0 Å². The fraction of sp³-hybridized carbons (Fsp3) is 0.571. The molecule has 0 aromatic carbocycles. The average molecular weight is 208 g/mol. The summed E-state index contributed by atoms with van der Waals surface area (Å²) in [6.45, 7) is 2.74. The molecule has 0 aliphatic rings. The summed E-state index contributed by atoms with van der Waals surface area (Å²) in [7, 11) is -0.729. The molecular weight excluding hydrogens is 195 g/mol. The molecule has 0 bridgehead atoms. The molecule has 0 spiro atoms. The number of hydrogen-bond acceptors (Lipinski definition) is 5. The Hall–Kier alpha value is -0.640. The van der Waals surface area contributed by atoms with E-state index in [0.717, 1.165) is 5.82 Å². The second-order valence-corrected chi connectivity index (χ2v) is 4.31. The van der Waals surface area contributed by atoms with E-state index in [1.165, 1.54) is 28.1 Å². The zero-order valence-corrected chi connectivity index (χ0v) is 8.96. The minimum Gasteiger partial charge on any atom is -0.431 e. The molecule has 0 aliphatic heterocycles. The second-order valence-electron chi connectivity index (χ2n) is 2.24. The van der Waals surface area contributed by atoms with Crippen molar-refractivity contribution >= 4 is 13.6 Å². The summed E-state index contributed by atoms with van der Waals surface area (Å²) in [6.07, 6.45) is 0. The summed E-state index contributed by atoms with van der Waals surface area (Å²) in [6, 6.07) is 0. The zero-order valence-electron chi connectivity index (χ0n) is 8.07. The van der Waals surface area contributed by atoms with Crippen LogP contribution in [0.5, 0.6) is 0 Å². The topological polar surface area (TPSA) is 61.8 Å². The number of rotatable bonds is 4. The maximum absolute atomic E-state index is 11.4. The van der Waals surface area contributed by atoms with Crippen LogP contribution in [-0.2, 0) is 23.1 Å². The summed E-state index contributed by atoms with van der Waals surface area (Å²) >= 11 is 0. The fourth-order valence-electron chi connectivity index (χ4n) is 0.656. The van der Waals surface area contributed by atoms with Crippen molar-refractivity contribution in [1.29, 1.82) is 0 Å². The van der Waals surface area contributed by atoms with Crippen molar-refractivity contribution < 1.29 is 23.1 Å². The highest BCUT2D eigenvalue weighted by molar-refractivity contribution is 7.57. The molecule has 0 amide bonds. The van der Waals surface area contributed by atoms with E-state index in [9.17, 15) is 9.36 Å². The third kappa shape index (κ3) is 4.83. The molecule has 0 unspecified atom stereocenters. The first-order valence-corrected chi connectivity index (χ1v) is 5.14. The van der Waals surface area contributed by atoms with Crippen molar-refractivity contribution in [2.45, 2.75) is 13.8 Å². The molecule has 6 heteroatoms. The first-order chi connectivity index (χ1) is 5.93. The van der Waals surface area contributed by atoms with Gasteiger partial charge < -0.3 is 13.8 Å². The van der Waals surface area contributed by atoms with E-state index in [1.807, 2.05) is 0 Å². The number of allylic oxidation sites excluding steroid dienone is 1. The predicted molar refractivity (Wildman–Crippen MR) is 47.1 cm³/mol. The molecular formula is C7H13O5P. The first-order valence-electron chi connectivity index (χ1n) is 3.52. The van der Waals surface area contributed by atoms with Gasteiger partial charge in [-0.1, -0.05) is 0 Å². The van der Waals surface area contributed by atoms with Crippen molar-refractivity contribution in [1.82, 2.24) is 0 Å². The molecule has 0 aromatic rings. The minimum absolute atomic E-state index is 0.194. The van der Waals surface area contributed by atoms with Crippen LogP contribution in [0.15, 0.2) is 11.6 Å². The molecule has 0 fully saturated rings. The largest absolute Gasteiger partial charge is 0.431 e. The number of esters is 1. The average Bonchev–Trinajstić information content (AvgIpc) is 2.02. The lowest BCUT2D eigenvalue weighted by Gasteiger charge is -2.09. The van der Waals surface area contributed by atoms with Gasteiger partial charge in [0.05, 0.1) is 5.82 Å². The van der Waals surface area contributed by atoms with Crippen LogP contribution in [-0.4, -0.2) is 20.2 Å². The van der Waals surface area contributed by atoms with Crippen molar-refractivity contribution in [3.8, 4) is 0 Å². The molecule has 76 valence electrons. The summed E-state index contributed by atoms with van der Waals surface area (Å²) in [5.74, 6) is 0.862. The highest BCUT2D eigenvalue weighted by Crippen LogP contribution is 2.48. The van der Waals surface area contributed by atoms with Crippen LogP contribution >= 0.6 is 7.60 Å². The van der Waals surface area contributed by atoms with E-state index in [-0.39, 0.29) is 5.76 Å². The SMILES string of the molecule is COP(=O)(/C=C(\C)OC(C)=O)OC. The molecule has 0 radical (unpaired) electrons. The quantitative estimate of drug-likeness (QED) is 0.401. The van der Waals surface area contributed by atoms with E-state index in [0.29, 0.717) is 0 Å². The van der Waals surface area contributed by atoms with Crippen molar-refractivity contribution in [3.05, 3.63) is 11.6 Å². The Morgan fingerprint density at radius 1 is 1.23 bits per heavy atom. The molecule has 0 heterocycles. The maximum atomic E-state index is 11.4. The molecule has 0 aromatic heterocycles. The minimum atomic E-state index is -3.23. The molecule has 13 heavy (non-hydrogen) atoms. The van der Waals surface area contributed by atoms with Gasteiger partial charge in [0.1, 0.15) is 5.76 Å². The number of ether oxygens (including phenoxy) is 1. The fourth-order valence-corrected chi connectivity index (χ4v) is 1.51. The van der Waals surface area contributed by atoms with Gasteiger partial charge in [-0.3, -0.25) is 9.36 Å². The van der Waals surface area contributed by atoms with Crippen LogP contribution in [0.3, 0.4) is 0 Å². The van der Waals surface area contributed by atoms with Gasteiger partial charge in [-0.25, -0.2) is 0 Å². The van der Waals surface area contributed by atoms with Crippen molar-refractivity contribution in [3.63, 3.8) is 0 Å². The normalized spacial score (nSPS) is 12.8. The van der Waals surface area contributed by atoms with Gasteiger partial charge in [-0.15, -0.1) is 0 Å². The van der Waals surface area contributed by atoms with Gasteiger partial charge in [-0.05, 0) is 6.92 Å². The number of carbonyl (C=O) groups excluding carboxylic acids is 1. The van der Waals surface area contributed by atoms with Crippen LogP contribution in [0.1, 0.15) is 13.8 Å². The van der Waals surface area contributed by atoms with Crippen LogP contribution in [0.4, 0.5) is 0 Å². The first kappa shape index (κ1) is 12.4. The smallest absolute Gasteiger partial charge is 0.357 e. The van der Waals surface area contributed by atoms with E-state index in [1.54, 1.807) is 0 Å². The molecule has 0 saturated heterocycles. The Kier molecular flexibility index (Phi) is 4.91. The van der Waals surface area contributed by atoms with Gasteiger partial charge in [-0.2, -0.15) is 0 Å². The number of hydrogen-bond donors (Lipinski definition) is 0. The Balaban J connectivity index is 4.52. The van der Waals surface area contributed by atoms with Crippen molar-refractivity contribution in [2.75, 3.05) is 14.2 Å². The maximum Gasteiger partial charge on any atom is 0.357 e. The molecule has 5 nitrogen and oxygen atoms in total. The van der Waals surface area contributed by atoms with Crippen LogP contribution < -0.4 is 0 Å². The molecule has 0 aliphatic carbocycles. The summed E-state index contributed by atoms with van der Waals surface area (Å²) in [5, 5.41) is 0. The Bertz CT molecular complexity index is 250. The lowest BCUT2D eigenvalue weighted by molar-refractivity contribution is -0.136. The van der Waals surface area contributed by atoms with Crippen LogP contribution in [0, 0.1) is 0 Å². The zero-order chi connectivity index (χ0) is 10.5. The molecule has 0 N–H and O–H groups in total. The van der Waals surface area contributed by atoms with Gasteiger partial charge in [0.2, 0.25) is 0 Å². The number of carbonyl (C=O) groups is 1. The Morgan fingerprint density at radius 3 is 2.00 bits per heavy atom. The van der Waals surface area contributed by atoms with E-state index < -0.39 is 13.6 Å². The van der Waals surface area contributed by atoms with Crippen molar-refractivity contribution in [2.24, 2.45) is 0 Å². The second kappa shape index (κ2) is 5.17. The molecule has 0 atom stereocenters. The van der Waals surface area contributed by atoms with Gasteiger partial charge in [0, 0.05) is 21.1 Å². The summed E-state index contributed by atoms with van der Waals surface area (Å²) in [5.41, 5.74) is 0. The lowest BCUT2D eigenvalue weighted by Crippen LogP contribution is -1.96. The highest BCUT2D eigenvalue weighted by Gasteiger charge is 2.18. The lowest BCUT2D eigenvalue weighted by atomic mass is 10.6. The monoisotopic (exact) mass is 208 g/mol. The van der Waals surface area contributed by atoms with E-state index in [2.05, 4.69) is 13.8 Å². The molecule has 0 rings (SSSR count). The Labute approximate surface area is 77.2 Å². The van der Waals surface area contributed by atoms with E-state index >= 15 is 0 Å². The standard InChI is InChI=1S/C7H13O5P/c1-6(12-7(2)8)5-13(9,10-3)11-4/h5H,1-4H3/b6-5+. The van der Waals surface area contributed by atoms with Gasteiger partial charge >= 0.3 is 13.6 Å². The summed E-state index contributed by atoms with van der Waals surface area (Å²) in [4.78, 5) is 10.5. The van der Waals surface area contributed by atoms with Crippen LogP contribution in [0.25, 0.3) is 0 Å². The molecule has 0 saturated carbocycles. The summed E-state index contributed by atoms with van der Waals surface area (Å²) < 4.78 is 25.3. The third-order valence-corrected chi connectivity index (χ3v) is 2.85. The van der Waals surface area contributed by atoms with Crippen LogP contribution in [0.2, 0.25) is 0 Å². The van der Waals surface area contributed by atoms with E-state index in [4.69, 9.17) is 0 Å². The highest BCUT2D eigenvalue weighted by atomic mass is 31.2. The van der Waals surface area contributed by atoms with Gasteiger partial charge in [0.15, 0.2) is 0 Å². The third-order valence-electron chi connectivity index (χ3n) is 1.15.